The molecule has 15 heavy (non-hydrogen) atoms. The van der Waals surface area contributed by atoms with Crippen LogP contribution in [0.2, 0.25) is 0 Å². The highest BCUT2D eigenvalue weighted by Gasteiger charge is 2.14. The van der Waals surface area contributed by atoms with Crippen molar-refractivity contribution in [3.8, 4) is 0 Å². The van der Waals surface area contributed by atoms with Crippen LogP contribution in [0.3, 0.4) is 0 Å². The summed E-state index contributed by atoms with van der Waals surface area (Å²) in [6, 6.07) is 0. The van der Waals surface area contributed by atoms with Crippen molar-refractivity contribution in [1.29, 1.82) is 0 Å². The van der Waals surface area contributed by atoms with Gasteiger partial charge < -0.3 is 0 Å². The molecule has 92 valence electrons. The zero-order valence-electron chi connectivity index (χ0n) is 11.9. The Bertz CT molecular complexity index is 139. The smallest absolute Gasteiger partial charge is 0.0383 e. The van der Waals surface area contributed by atoms with Gasteiger partial charge in [-0.05, 0) is 30.1 Å². The van der Waals surface area contributed by atoms with E-state index in [2.05, 4.69) is 41.5 Å². The molecule has 0 aliphatic heterocycles. The van der Waals surface area contributed by atoms with Gasteiger partial charge in [0.25, 0.3) is 0 Å². The molecule has 0 spiro atoms. The zero-order valence-corrected chi connectivity index (χ0v) is 11.9. The van der Waals surface area contributed by atoms with Gasteiger partial charge in [-0.1, -0.05) is 67.2 Å². The fourth-order valence-electron chi connectivity index (χ4n) is 2.00. The van der Waals surface area contributed by atoms with Crippen LogP contribution in [0.4, 0.5) is 0 Å². The van der Waals surface area contributed by atoms with E-state index in [0.717, 1.165) is 11.8 Å². The fraction of sp³-hybridized carbons (Fsp3) is 1.00. The molecule has 1 atom stereocenters. The number of rotatable bonds is 7. The highest BCUT2D eigenvalue weighted by molar-refractivity contribution is 4.66. The van der Waals surface area contributed by atoms with Crippen LogP contribution in [0.1, 0.15) is 80.1 Å². The summed E-state index contributed by atoms with van der Waals surface area (Å²) in [5.74, 6) is 1.85. The van der Waals surface area contributed by atoms with E-state index < -0.39 is 0 Å². The molecular weight excluding hydrogens is 180 g/mol. The molecule has 0 aromatic heterocycles. The molecule has 0 bridgehead atoms. The third kappa shape index (κ3) is 10.3. The van der Waals surface area contributed by atoms with Crippen LogP contribution in [-0.4, -0.2) is 0 Å². The van der Waals surface area contributed by atoms with Crippen molar-refractivity contribution >= 4 is 0 Å². The van der Waals surface area contributed by atoms with Gasteiger partial charge in [-0.3, -0.25) is 0 Å². The lowest BCUT2D eigenvalue weighted by Crippen LogP contribution is -2.09. The largest absolute Gasteiger partial charge is 0.0651 e. The van der Waals surface area contributed by atoms with E-state index in [0.29, 0.717) is 5.41 Å². The average Bonchev–Trinajstić information content (AvgIpc) is 2.08. The van der Waals surface area contributed by atoms with Crippen LogP contribution in [0, 0.1) is 17.3 Å². The summed E-state index contributed by atoms with van der Waals surface area (Å²) in [4.78, 5) is 0. The zero-order chi connectivity index (χ0) is 11.9. The summed E-state index contributed by atoms with van der Waals surface area (Å²) in [7, 11) is 0. The first-order valence-electron chi connectivity index (χ1n) is 6.85. The SMILES string of the molecule is CCC(CCCC(C)C)CCC(C)(C)C. The molecule has 1 unspecified atom stereocenters. The molecule has 0 saturated carbocycles. The van der Waals surface area contributed by atoms with E-state index in [-0.39, 0.29) is 0 Å². The van der Waals surface area contributed by atoms with Crippen molar-refractivity contribution < 1.29 is 0 Å². The minimum absolute atomic E-state index is 0.519. The maximum Gasteiger partial charge on any atom is -0.0383 e. The third-order valence-electron chi connectivity index (χ3n) is 3.27. The molecule has 0 nitrogen and oxygen atoms in total. The van der Waals surface area contributed by atoms with Crippen molar-refractivity contribution in [3.05, 3.63) is 0 Å². The predicted octanol–water partition coefficient (Wildman–Crippen LogP) is 5.67. The highest BCUT2D eigenvalue weighted by atomic mass is 14.2. The molecule has 0 aromatic rings. The first-order chi connectivity index (χ1) is 6.85. The Hall–Kier alpha value is 0. The lowest BCUT2D eigenvalue weighted by molar-refractivity contribution is 0.301. The molecule has 0 aromatic carbocycles. The van der Waals surface area contributed by atoms with Crippen LogP contribution in [0.5, 0.6) is 0 Å². The van der Waals surface area contributed by atoms with Gasteiger partial charge in [0, 0.05) is 0 Å². The van der Waals surface area contributed by atoms with Gasteiger partial charge in [-0.2, -0.15) is 0 Å². The van der Waals surface area contributed by atoms with Gasteiger partial charge in [-0.15, -0.1) is 0 Å². The molecule has 0 radical (unpaired) electrons. The maximum atomic E-state index is 2.35. The van der Waals surface area contributed by atoms with Crippen LogP contribution < -0.4 is 0 Å². The second-order valence-electron chi connectivity index (χ2n) is 6.70. The molecule has 0 amide bonds. The number of hydrogen-bond acceptors (Lipinski definition) is 0. The monoisotopic (exact) mass is 212 g/mol. The molecule has 0 heterocycles. The number of hydrogen-bond donors (Lipinski definition) is 0. The summed E-state index contributed by atoms with van der Waals surface area (Å²) in [5.41, 5.74) is 0.519. The van der Waals surface area contributed by atoms with E-state index in [1.807, 2.05) is 0 Å². The van der Waals surface area contributed by atoms with E-state index in [9.17, 15) is 0 Å². The van der Waals surface area contributed by atoms with E-state index >= 15 is 0 Å². The Morgan fingerprint density at radius 2 is 1.53 bits per heavy atom. The van der Waals surface area contributed by atoms with Crippen LogP contribution >= 0.6 is 0 Å². The van der Waals surface area contributed by atoms with Gasteiger partial charge >= 0.3 is 0 Å². The van der Waals surface area contributed by atoms with Gasteiger partial charge in [0.1, 0.15) is 0 Å². The van der Waals surface area contributed by atoms with Crippen molar-refractivity contribution in [1.82, 2.24) is 0 Å². The molecular formula is C15H32. The summed E-state index contributed by atoms with van der Waals surface area (Å²) in [6.07, 6.45) is 8.47. The van der Waals surface area contributed by atoms with Crippen LogP contribution in [-0.2, 0) is 0 Å². The molecule has 0 N–H and O–H groups in total. The summed E-state index contributed by atoms with van der Waals surface area (Å²) in [6.45, 7) is 14.1. The lowest BCUT2D eigenvalue weighted by atomic mass is 9.84. The summed E-state index contributed by atoms with van der Waals surface area (Å²) >= 11 is 0. The normalized spacial score (nSPS) is 14.6. The van der Waals surface area contributed by atoms with Crippen molar-refractivity contribution in [2.75, 3.05) is 0 Å². The standard InChI is InChI=1S/C15H32/c1-7-14(10-8-9-13(2)3)11-12-15(4,5)6/h13-14H,7-12H2,1-6H3. The summed E-state index contributed by atoms with van der Waals surface area (Å²) < 4.78 is 0. The second kappa shape index (κ2) is 7.30. The molecule has 0 aliphatic rings. The average molecular weight is 212 g/mol. The van der Waals surface area contributed by atoms with Gasteiger partial charge in [0.05, 0.1) is 0 Å². The highest BCUT2D eigenvalue weighted by Crippen LogP contribution is 2.27. The molecule has 0 heteroatoms. The molecule has 0 rings (SSSR count). The third-order valence-corrected chi connectivity index (χ3v) is 3.27. The first-order valence-corrected chi connectivity index (χ1v) is 6.85. The first kappa shape index (κ1) is 15.0. The molecule has 0 saturated heterocycles. The van der Waals surface area contributed by atoms with E-state index in [1.165, 1.54) is 38.5 Å². The Morgan fingerprint density at radius 1 is 0.933 bits per heavy atom. The Balaban J connectivity index is 3.64. The van der Waals surface area contributed by atoms with Crippen molar-refractivity contribution in [2.24, 2.45) is 17.3 Å². The fourth-order valence-corrected chi connectivity index (χ4v) is 2.00. The predicted molar refractivity (Wildman–Crippen MR) is 71.2 cm³/mol. The Labute approximate surface area is 97.8 Å². The van der Waals surface area contributed by atoms with Gasteiger partial charge in [-0.25, -0.2) is 0 Å². The minimum Gasteiger partial charge on any atom is -0.0651 e. The van der Waals surface area contributed by atoms with Crippen molar-refractivity contribution in [3.63, 3.8) is 0 Å². The van der Waals surface area contributed by atoms with Crippen molar-refractivity contribution in [2.45, 2.75) is 80.1 Å². The van der Waals surface area contributed by atoms with Gasteiger partial charge in [0.2, 0.25) is 0 Å². The quantitative estimate of drug-likeness (QED) is 0.510. The van der Waals surface area contributed by atoms with E-state index in [4.69, 9.17) is 0 Å². The topological polar surface area (TPSA) is 0 Å². The van der Waals surface area contributed by atoms with Gasteiger partial charge in [0.15, 0.2) is 0 Å². The summed E-state index contributed by atoms with van der Waals surface area (Å²) in [5, 5.41) is 0. The lowest BCUT2D eigenvalue weighted by Gasteiger charge is -2.22. The molecule has 0 aliphatic carbocycles. The van der Waals surface area contributed by atoms with Crippen LogP contribution in [0.25, 0.3) is 0 Å². The minimum atomic E-state index is 0.519. The Kier molecular flexibility index (Phi) is 7.30. The Morgan fingerprint density at radius 3 is 1.93 bits per heavy atom. The maximum absolute atomic E-state index is 2.35. The van der Waals surface area contributed by atoms with Crippen LogP contribution in [0.15, 0.2) is 0 Å². The second-order valence-corrected chi connectivity index (χ2v) is 6.70. The molecule has 0 fully saturated rings. The van der Waals surface area contributed by atoms with E-state index in [1.54, 1.807) is 0 Å².